The van der Waals surface area contributed by atoms with Crippen LogP contribution < -0.4 is 0 Å². The van der Waals surface area contributed by atoms with Gasteiger partial charge in [-0.2, -0.15) is 0 Å². The molecule has 1 rings (SSSR count). The third-order valence-corrected chi connectivity index (χ3v) is 39.1. The molecular formula is C24H50P2Sn. The van der Waals surface area contributed by atoms with E-state index in [4.69, 9.17) is 0 Å². The molecule has 2 unspecified atom stereocenters. The minimum atomic E-state index is -2.31. The molecule has 0 bridgehead atoms. The molecule has 0 aliphatic carbocycles. The van der Waals surface area contributed by atoms with Crippen LogP contribution in [0.3, 0.4) is 0 Å². The molecule has 1 aliphatic heterocycles. The fraction of sp³-hybridized carbons (Fsp3) is 0.958. The van der Waals surface area contributed by atoms with E-state index in [1.807, 2.05) is 13.2 Å². The van der Waals surface area contributed by atoms with Crippen LogP contribution in [0.25, 0.3) is 0 Å². The Hall–Kier alpha value is 1.40. The van der Waals surface area contributed by atoms with Crippen molar-refractivity contribution in [3.8, 4) is 0 Å². The van der Waals surface area contributed by atoms with Gasteiger partial charge in [-0.1, -0.05) is 0 Å². The summed E-state index contributed by atoms with van der Waals surface area (Å²) in [6.45, 7) is 22.5. The first-order valence-electron chi connectivity index (χ1n) is 12.0. The van der Waals surface area contributed by atoms with E-state index in [0.29, 0.717) is 10.8 Å². The summed E-state index contributed by atoms with van der Waals surface area (Å²) in [7, 11) is 3.00. The van der Waals surface area contributed by atoms with Gasteiger partial charge in [-0.25, -0.2) is 0 Å². The third kappa shape index (κ3) is 5.56. The zero-order valence-corrected chi connectivity index (χ0v) is 25.0. The van der Waals surface area contributed by atoms with E-state index in [1.54, 1.807) is 13.3 Å². The average Bonchev–Trinajstić information content (AvgIpc) is 2.60. The Labute approximate surface area is 180 Å². The van der Waals surface area contributed by atoms with Gasteiger partial charge in [0.05, 0.1) is 0 Å². The second-order valence-electron chi connectivity index (χ2n) is 10.4. The normalized spacial score (nSPS) is 22.6. The summed E-state index contributed by atoms with van der Waals surface area (Å²) in [6, 6.07) is 0. The molecule has 0 saturated carbocycles. The van der Waals surface area contributed by atoms with E-state index in [9.17, 15) is 0 Å². The molecule has 0 spiro atoms. The molecule has 0 fully saturated rings. The predicted octanol–water partition coefficient (Wildman–Crippen LogP) is 9.71. The summed E-state index contributed by atoms with van der Waals surface area (Å²) in [6.07, 6.45) is 11.4. The van der Waals surface area contributed by atoms with Gasteiger partial charge in [-0.05, 0) is 0 Å². The van der Waals surface area contributed by atoms with Gasteiger partial charge in [0, 0.05) is 0 Å². The molecule has 0 aromatic heterocycles. The topological polar surface area (TPSA) is 0 Å². The molecule has 1 heterocycles. The first-order chi connectivity index (χ1) is 12.6. The molecule has 0 amide bonds. The van der Waals surface area contributed by atoms with Gasteiger partial charge < -0.3 is 0 Å². The van der Waals surface area contributed by atoms with E-state index >= 15 is 0 Å². The van der Waals surface area contributed by atoms with Gasteiger partial charge in [0.25, 0.3) is 0 Å². The Morgan fingerprint density at radius 3 is 1.48 bits per heavy atom. The van der Waals surface area contributed by atoms with Crippen LogP contribution in [0.5, 0.6) is 0 Å². The average molecular weight is 519 g/mol. The number of rotatable bonds is 14. The van der Waals surface area contributed by atoms with Gasteiger partial charge in [-0.3, -0.25) is 0 Å². The Kier molecular flexibility index (Phi) is 10.9. The molecule has 0 N–H and O–H groups in total. The van der Waals surface area contributed by atoms with Crippen LogP contribution in [-0.4, -0.2) is 26.3 Å². The van der Waals surface area contributed by atoms with E-state index < -0.39 is 18.4 Å². The molecule has 0 nitrogen and oxygen atoms in total. The fourth-order valence-corrected chi connectivity index (χ4v) is 40.9. The first kappa shape index (κ1) is 26.4. The standard InChI is InChI=1S/C12H23P2.3C4H9.Sn/c1-7-11(3,4)9-13-10(14-9)12(5,6)8-2;3*1-3-4-2;/h13H,7-8H2,1-6H3;3*1,3-4H2,2H3;. The van der Waals surface area contributed by atoms with Crippen LogP contribution in [0.1, 0.15) is 114 Å². The van der Waals surface area contributed by atoms with Crippen molar-refractivity contribution in [3.63, 3.8) is 0 Å². The van der Waals surface area contributed by atoms with Gasteiger partial charge in [0.2, 0.25) is 0 Å². The molecule has 0 aromatic rings. The fourth-order valence-electron chi connectivity index (χ4n) is 4.84. The van der Waals surface area contributed by atoms with Gasteiger partial charge in [-0.15, -0.1) is 0 Å². The Morgan fingerprint density at radius 1 is 0.778 bits per heavy atom. The van der Waals surface area contributed by atoms with Crippen LogP contribution in [0.4, 0.5) is 0 Å². The number of unbranched alkanes of at least 4 members (excludes halogenated alkanes) is 3. The predicted molar refractivity (Wildman–Crippen MR) is 136 cm³/mol. The van der Waals surface area contributed by atoms with Crippen LogP contribution in [0.2, 0.25) is 13.3 Å². The molecule has 0 saturated heterocycles. The van der Waals surface area contributed by atoms with Crippen molar-refractivity contribution in [2.45, 2.75) is 130 Å². The second-order valence-corrected chi connectivity index (χ2v) is 30.4. The van der Waals surface area contributed by atoms with Gasteiger partial charge >= 0.3 is 181 Å². The summed E-state index contributed by atoms with van der Waals surface area (Å²) in [5.41, 5.74) is 0.997. The van der Waals surface area contributed by atoms with Crippen LogP contribution >= 0.6 is 16.8 Å². The summed E-state index contributed by atoms with van der Waals surface area (Å²) in [5.74, 6) is 0. The summed E-state index contributed by atoms with van der Waals surface area (Å²) < 4.78 is 5.76. The summed E-state index contributed by atoms with van der Waals surface area (Å²) >= 11 is -2.31. The van der Waals surface area contributed by atoms with Crippen molar-refractivity contribution in [2.24, 2.45) is 10.8 Å². The van der Waals surface area contributed by atoms with E-state index in [0.717, 1.165) is 2.91 Å². The molecule has 0 radical (unpaired) electrons. The summed E-state index contributed by atoms with van der Waals surface area (Å²) in [5, 5.41) is 1.93. The maximum absolute atomic E-state index is 2.66. The van der Waals surface area contributed by atoms with E-state index in [-0.39, 0.29) is 0 Å². The SMILES string of the molecule is CCC[CH2][Sn]([CH2]CCC)([CH2]CCC)[C]1(C(C)(C)CC)P=C(C(C)(C)CC)P1. The van der Waals surface area contributed by atoms with Gasteiger partial charge in [0.15, 0.2) is 0 Å². The Morgan fingerprint density at radius 2 is 1.19 bits per heavy atom. The molecule has 160 valence electrons. The van der Waals surface area contributed by atoms with Crippen molar-refractivity contribution in [2.75, 3.05) is 0 Å². The van der Waals surface area contributed by atoms with Crippen LogP contribution in [0.15, 0.2) is 0 Å². The second kappa shape index (κ2) is 11.1. The Balaban J connectivity index is 3.50. The van der Waals surface area contributed by atoms with Crippen molar-refractivity contribution in [1.82, 2.24) is 0 Å². The number of hydrogen-bond acceptors (Lipinski definition) is 0. The zero-order valence-electron chi connectivity index (χ0n) is 20.2. The molecule has 27 heavy (non-hydrogen) atoms. The van der Waals surface area contributed by atoms with E-state index in [2.05, 4.69) is 62.3 Å². The van der Waals surface area contributed by atoms with Crippen molar-refractivity contribution >= 4 is 40.2 Å². The maximum atomic E-state index is 2.66. The zero-order chi connectivity index (χ0) is 20.8. The van der Waals surface area contributed by atoms with Crippen molar-refractivity contribution < 1.29 is 0 Å². The van der Waals surface area contributed by atoms with Crippen LogP contribution in [-0.2, 0) is 0 Å². The molecule has 2 atom stereocenters. The number of hydrogen-bond donors (Lipinski definition) is 0. The van der Waals surface area contributed by atoms with E-state index in [1.165, 1.54) is 59.9 Å². The molecule has 0 aromatic carbocycles. The minimum absolute atomic E-state index is 0.463. The quantitative estimate of drug-likeness (QED) is 0.158. The monoisotopic (exact) mass is 520 g/mol. The summed E-state index contributed by atoms with van der Waals surface area (Å²) in [4.78, 5) is 0. The molecule has 3 heteroatoms. The van der Waals surface area contributed by atoms with Gasteiger partial charge in [0.1, 0.15) is 0 Å². The first-order valence-corrected chi connectivity index (χ1v) is 21.4. The van der Waals surface area contributed by atoms with Crippen LogP contribution in [0, 0.1) is 10.8 Å². The molecule has 1 aliphatic rings. The Bertz CT molecular complexity index is 459. The van der Waals surface area contributed by atoms with Crippen molar-refractivity contribution in [3.05, 3.63) is 0 Å². The van der Waals surface area contributed by atoms with Crippen molar-refractivity contribution in [1.29, 1.82) is 0 Å². The third-order valence-electron chi connectivity index (χ3n) is 7.76. The molecular weight excluding hydrogens is 469 g/mol.